The maximum Gasteiger partial charge on any atom is 0.315 e. The molecule has 1 aromatic carbocycles. The highest BCUT2D eigenvalue weighted by Crippen LogP contribution is 2.32. The molecular weight excluding hydrogens is 252 g/mol. The van der Waals surface area contributed by atoms with Gasteiger partial charge in [-0.05, 0) is 43.7 Å². The molecule has 1 aromatic rings. The predicted octanol–water partition coefficient (Wildman–Crippen LogP) is 2.82. The van der Waals surface area contributed by atoms with Crippen LogP contribution in [0.5, 0.6) is 0 Å². The first kappa shape index (κ1) is 14.9. The molecule has 1 aliphatic carbocycles. The zero-order valence-electron chi connectivity index (χ0n) is 12.3. The van der Waals surface area contributed by atoms with Crippen LogP contribution < -0.4 is 10.6 Å². The van der Waals surface area contributed by atoms with Crippen molar-refractivity contribution in [2.24, 2.45) is 5.92 Å². The Hall–Kier alpha value is -1.55. The predicted molar refractivity (Wildman–Crippen MR) is 79.3 cm³/mol. The monoisotopic (exact) mass is 276 g/mol. The van der Waals surface area contributed by atoms with E-state index in [1.807, 2.05) is 31.2 Å². The van der Waals surface area contributed by atoms with Gasteiger partial charge in [0.2, 0.25) is 0 Å². The summed E-state index contributed by atoms with van der Waals surface area (Å²) in [6.45, 7) is 5.98. The molecule has 1 unspecified atom stereocenters. The minimum absolute atomic E-state index is 0.0807. The third kappa shape index (κ3) is 4.85. The summed E-state index contributed by atoms with van der Waals surface area (Å²) in [5.74, 6) is 0.679. The molecule has 1 fully saturated rings. The lowest BCUT2D eigenvalue weighted by Gasteiger charge is -2.13. The summed E-state index contributed by atoms with van der Waals surface area (Å²) in [4.78, 5) is 11.7. The molecule has 2 rings (SSSR count). The quantitative estimate of drug-likeness (QED) is 0.804. The largest absolute Gasteiger partial charge is 0.377 e. The van der Waals surface area contributed by atoms with Crippen LogP contribution in [0.1, 0.15) is 37.8 Å². The minimum atomic E-state index is -0.0807. The molecule has 0 bridgehead atoms. The van der Waals surface area contributed by atoms with Crippen molar-refractivity contribution in [1.82, 2.24) is 10.6 Å². The van der Waals surface area contributed by atoms with E-state index >= 15 is 0 Å². The smallest absolute Gasteiger partial charge is 0.315 e. The van der Waals surface area contributed by atoms with Crippen LogP contribution in [0.4, 0.5) is 4.79 Å². The number of carbonyl (C=O) groups is 1. The van der Waals surface area contributed by atoms with Crippen LogP contribution in [-0.2, 0) is 17.9 Å². The number of ether oxygens (including phenoxy) is 1. The van der Waals surface area contributed by atoms with E-state index in [9.17, 15) is 4.79 Å². The molecule has 0 heterocycles. The molecule has 1 aliphatic rings. The normalized spacial score (nSPS) is 15.7. The zero-order chi connectivity index (χ0) is 14.4. The van der Waals surface area contributed by atoms with Gasteiger partial charge in [-0.2, -0.15) is 0 Å². The first-order valence-corrected chi connectivity index (χ1v) is 7.39. The fourth-order valence-electron chi connectivity index (χ4n) is 2.13. The van der Waals surface area contributed by atoms with Crippen molar-refractivity contribution < 1.29 is 9.53 Å². The maximum atomic E-state index is 11.7. The molecular formula is C16H24N2O2. The van der Waals surface area contributed by atoms with E-state index in [1.54, 1.807) is 0 Å². The molecule has 110 valence electrons. The van der Waals surface area contributed by atoms with Gasteiger partial charge < -0.3 is 15.4 Å². The fraction of sp³-hybridized carbons (Fsp3) is 0.562. The minimum Gasteiger partial charge on any atom is -0.377 e. The summed E-state index contributed by atoms with van der Waals surface area (Å²) < 4.78 is 5.35. The third-order valence-electron chi connectivity index (χ3n) is 3.64. The van der Waals surface area contributed by atoms with Gasteiger partial charge in [-0.1, -0.05) is 24.3 Å². The van der Waals surface area contributed by atoms with E-state index < -0.39 is 0 Å². The van der Waals surface area contributed by atoms with Gasteiger partial charge in [-0.25, -0.2) is 4.79 Å². The summed E-state index contributed by atoms with van der Waals surface area (Å²) in [5, 5.41) is 5.88. The summed E-state index contributed by atoms with van der Waals surface area (Å²) >= 11 is 0. The average Bonchev–Trinajstić information content (AvgIpc) is 3.28. The molecule has 1 atom stereocenters. The van der Waals surface area contributed by atoms with Crippen LogP contribution in [0, 0.1) is 5.92 Å². The Morgan fingerprint density at radius 2 is 1.95 bits per heavy atom. The van der Waals surface area contributed by atoms with E-state index in [4.69, 9.17) is 4.74 Å². The Kier molecular flexibility index (Phi) is 5.41. The molecule has 0 aliphatic heterocycles. The molecule has 2 N–H and O–H groups in total. The third-order valence-corrected chi connectivity index (χ3v) is 3.64. The van der Waals surface area contributed by atoms with Gasteiger partial charge in [0.25, 0.3) is 0 Å². The number of benzene rings is 1. The van der Waals surface area contributed by atoms with E-state index in [0.29, 0.717) is 19.1 Å². The average molecular weight is 276 g/mol. The van der Waals surface area contributed by atoms with Gasteiger partial charge >= 0.3 is 6.03 Å². The Morgan fingerprint density at radius 3 is 2.55 bits per heavy atom. The summed E-state index contributed by atoms with van der Waals surface area (Å²) in [5.41, 5.74) is 2.25. The molecule has 4 nitrogen and oxygen atoms in total. The molecule has 0 spiro atoms. The summed E-state index contributed by atoms with van der Waals surface area (Å²) in [6.07, 6.45) is 2.48. The first-order chi connectivity index (χ1) is 9.69. The number of amides is 2. The van der Waals surface area contributed by atoms with Gasteiger partial charge in [0.05, 0.1) is 6.61 Å². The number of hydrogen-bond acceptors (Lipinski definition) is 2. The highest BCUT2D eigenvalue weighted by Gasteiger charge is 2.28. The van der Waals surface area contributed by atoms with Crippen LogP contribution >= 0.6 is 0 Å². The van der Waals surface area contributed by atoms with Crippen molar-refractivity contribution in [2.45, 2.75) is 45.9 Å². The summed E-state index contributed by atoms with van der Waals surface area (Å²) in [7, 11) is 0. The van der Waals surface area contributed by atoms with Crippen molar-refractivity contribution >= 4 is 6.03 Å². The van der Waals surface area contributed by atoms with Gasteiger partial charge in [0.15, 0.2) is 0 Å². The van der Waals surface area contributed by atoms with Crippen molar-refractivity contribution in [2.75, 3.05) is 6.61 Å². The molecule has 2 amide bonds. The van der Waals surface area contributed by atoms with Gasteiger partial charge in [-0.3, -0.25) is 0 Å². The number of hydrogen-bond donors (Lipinski definition) is 2. The fourth-order valence-corrected chi connectivity index (χ4v) is 2.13. The van der Waals surface area contributed by atoms with Crippen molar-refractivity contribution in [1.29, 1.82) is 0 Å². The van der Waals surface area contributed by atoms with Gasteiger partial charge in [0.1, 0.15) is 0 Å². The Labute approximate surface area is 120 Å². The molecule has 0 saturated heterocycles. The molecule has 4 heteroatoms. The summed E-state index contributed by atoms with van der Waals surface area (Å²) in [6, 6.07) is 8.33. The molecule has 1 saturated carbocycles. The van der Waals surface area contributed by atoms with Crippen LogP contribution in [0.25, 0.3) is 0 Å². The lowest BCUT2D eigenvalue weighted by atomic mass is 10.1. The number of carbonyl (C=O) groups excluding carboxylic acids is 1. The van der Waals surface area contributed by atoms with E-state index in [0.717, 1.165) is 17.7 Å². The van der Waals surface area contributed by atoms with Crippen molar-refractivity contribution in [3.05, 3.63) is 35.4 Å². The lowest BCUT2D eigenvalue weighted by molar-refractivity contribution is 0.134. The zero-order valence-corrected chi connectivity index (χ0v) is 12.3. The second-order valence-corrected chi connectivity index (χ2v) is 5.41. The van der Waals surface area contributed by atoms with E-state index in [1.165, 1.54) is 12.8 Å². The second-order valence-electron chi connectivity index (χ2n) is 5.41. The maximum absolute atomic E-state index is 11.7. The lowest BCUT2D eigenvalue weighted by Crippen LogP contribution is -2.41. The Bertz CT molecular complexity index is 427. The Balaban J connectivity index is 1.71. The first-order valence-electron chi connectivity index (χ1n) is 7.39. The molecule has 20 heavy (non-hydrogen) atoms. The highest BCUT2D eigenvalue weighted by atomic mass is 16.5. The van der Waals surface area contributed by atoms with Crippen LogP contribution in [0.15, 0.2) is 24.3 Å². The van der Waals surface area contributed by atoms with E-state index in [2.05, 4.69) is 17.6 Å². The molecule has 0 radical (unpaired) electrons. The highest BCUT2D eigenvalue weighted by molar-refractivity contribution is 5.74. The second kappa shape index (κ2) is 7.29. The number of nitrogens with one attached hydrogen (secondary N) is 2. The van der Waals surface area contributed by atoms with Crippen LogP contribution in [0.2, 0.25) is 0 Å². The SMILES string of the molecule is CCOCc1ccc(CNC(=O)NC(C)C2CC2)cc1. The molecule has 0 aromatic heterocycles. The Morgan fingerprint density at radius 1 is 1.30 bits per heavy atom. The van der Waals surface area contributed by atoms with Gasteiger partial charge in [0, 0.05) is 19.2 Å². The van der Waals surface area contributed by atoms with Crippen molar-refractivity contribution in [3.63, 3.8) is 0 Å². The standard InChI is InChI=1S/C16H24N2O2/c1-3-20-11-14-6-4-13(5-7-14)10-17-16(19)18-12(2)15-8-9-15/h4-7,12,15H,3,8-11H2,1-2H3,(H2,17,18,19). The van der Waals surface area contributed by atoms with Gasteiger partial charge in [-0.15, -0.1) is 0 Å². The van der Waals surface area contributed by atoms with Crippen LogP contribution in [0.3, 0.4) is 0 Å². The number of rotatable bonds is 7. The van der Waals surface area contributed by atoms with E-state index in [-0.39, 0.29) is 12.1 Å². The van der Waals surface area contributed by atoms with Crippen LogP contribution in [-0.4, -0.2) is 18.7 Å². The van der Waals surface area contributed by atoms with Crippen molar-refractivity contribution in [3.8, 4) is 0 Å². The topological polar surface area (TPSA) is 50.4 Å². The number of urea groups is 1.